The Bertz CT molecular complexity index is 1240. The van der Waals surface area contributed by atoms with E-state index in [-0.39, 0.29) is 21.8 Å². The molecule has 1 aromatic heterocycles. The van der Waals surface area contributed by atoms with Crippen LogP contribution in [-0.2, 0) is 12.8 Å². The van der Waals surface area contributed by atoms with E-state index in [0.717, 1.165) is 62.1 Å². The van der Waals surface area contributed by atoms with E-state index in [2.05, 4.69) is 31.4 Å². The third-order valence-electron chi connectivity index (χ3n) is 7.32. The first-order valence-electron chi connectivity index (χ1n) is 12.6. The van der Waals surface area contributed by atoms with E-state index in [9.17, 15) is 19.7 Å². The molecule has 0 radical (unpaired) electrons. The largest absolute Gasteiger partial charge is 0.366 e. The summed E-state index contributed by atoms with van der Waals surface area (Å²) >= 11 is 6.80. The molecule has 9 nitrogen and oxygen atoms in total. The van der Waals surface area contributed by atoms with Crippen molar-refractivity contribution in [3.63, 3.8) is 0 Å². The van der Waals surface area contributed by atoms with Gasteiger partial charge in [-0.2, -0.15) is 0 Å². The van der Waals surface area contributed by atoms with Crippen LogP contribution in [0.1, 0.15) is 77.6 Å². The summed E-state index contributed by atoms with van der Waals surface area (Å²) in [5.74, 6) is -0.615. The normalized spacial score (nSPS) is 17.6. The topological polar surface area (TPSA) is 131 Å². The smallest absolute Gasteiger partial charge is 0.293 e. The Labute approximate surface area is 225 Å². The lowest BCUT2D eigenvalue weighted by molar-refractivity contribution is -0.384. The van der Waals surface area contributed by atoms with Crippen LogP contribution in [0.15, 0.2) is 18.2 Å². The van der Waals surface area contributed by atoms with Crippen LogP contribution in [0.2, 0.25) is 0 Å². The number of piperidine rings is 1. The van der Waals surface area contributed by atoms with Gasteiger partial charge < -0.3 is 16.0 Å². The summed E-state index contributed by atoms with van der Waals surface area (Å²) in [5, 5.41) is 17.8. The zero-order valence-corrected chi connectivity index (χ0v) is 23.0. The number of hydrogen-bond acceptors (Lipinski definition) is 7. The third kappa shape index (κ3) is 5.93. The van der Waals surface area contributed by atoms with Crippen molar-refractivity contribution < 1.29 is 14.5 Å². The molecule has 198 valence electrons. The van der Waals surface area contributed by atoms with Crippen LogP contribution in [0.5, 0.6) is 0 Å². The predicted molar refractivity (Wildman–Crippen MR) is 151 cm³/mol. The van der Waals surface area contributed by atoms with E-state index in [0.29, 0.717) is 22.2 Å². The highest BCUT2D eigenvalue weighted by Gasteiger charge is 2.33. The first kappa shape index (κ1) is 27.0. The summed E-state index contributed by atoms with van der Waals surface area (Å²) in [6, 6.07) is 4.48. The van der Waals surface area contributed by atoms with E-state index in [1.807, 2.05) is 4.90 Å². The van der Waals surface area contributed by atoms with Gasteiger partial charge in [0.25, 0.3) is 17.5 Å². The molecule has 1 aliphatic carbocycles. The average Bonchev–Trinajstić information content (AvgIpc) is 3.20. The molecule has 1 aromatic carbocycles. The number of nitro groups is 1. The first-order chi connectivity index (χ1) is 17.5. The number of hydrogen-bond donors (Lipinski definition) is 3. The standard InChI is InChI=1S/C26H33N5O4S2/c1-26(2,3)16-8-9-17-20(14-16)37-24(21(17)22(27)32)29-25(36)28-23(33)15-7-10-18(19(13-15)31(34)35)30-11-5-4-6-12-30/h7,10,13,16H,4-6,8-9,11-12,14H2,1-3H3,(H2,27,32)(H2,28,29,33,36). The lowest BCUT2D eigenvalue weighted by Crippen LogP contribution is -2.34. The van der Waals surface area contributed by atoms with Gasteiger partial charge in [-0.15, -0.1) is 11.3 Å². The molecule has 2 aliphatic rings. The molecule has 2 aromatic rings. The maximum Gasteiger partial charge on any atom is 0.293 e. The Kier molecular flexibility index (Phi) is 7.84. The molecule has 4 rings (SSSR count). The number of rotatable bonds is 5. The number of primary amides is 1. The molecule has 1 unspecified atom stereocenters. The van der Waals surface area contributed by atoms with Crippen LogP contribution < -0.4 is 21.3 Å². The van der Waals surface area contributed by atoms with Crippen LogP contribution in [0.3, 0.4) is 0 Å². The molecule has 0 bridgehead atoms. The number of nitro benzene ring substituents is 1. The summed E-state index contributed by atoms with van der Waals surface area (Å²) in [7, 11) is 0. The number of amides is 2. The number of thiophene rings is 1. The monoisotopic (exact) mass is 543 g/mol. The van der Waals surface area contributed by atoms with E-state index < -0.39 is 16.7 Å². The maximum absolute atomic E-state index is 12.9. The molecule has 0 spiro atoms. The zero-order valence-electron chi connectivity index (χ0n) is 21.4. The van der Waals surface area contributed by atoms with Crippen molar-refractivity contribution in [3.8, 4) is 0 Å². The van der Waals surface area contributed by atoms with E-state index in [1.54, 1.807) is 12.1 Å². The SMILES string of the molecule is CC(C)(C)C1CCc2c(sc(NC(=S)NC(=O)c3ccc(N4CCCCC4)c([N+](=O)[O-])c3)c2C(N)=O)C1. The van der Waals surface area contributed by atoms with Gasteiger partial charge in [0, 0.05) is 29.6 Å². The van der Waals surface area contributed by atoms with Gasteiger partial charge in [-0.25, -0.2) is 0 Å². The number of fused-ring (bicyclic) bond motifs is 1. The quantitative estimate of drug-likeness (QED) is 0.274. The molecule has 1 atom stereocenters. The molecule has 11 heteroatoms. The summed E-state index contributed by atoms with van der Waals surface area (Å²) in [5.41, 5.74) is 7.79. The molecule has 0 saturated carbocycles. The Morgan fingerprint density at radius 1 is 1.22 bits per heavy atom. The van der Waals surface area contributed by atoms with Crippen molar-refractivity contribution in [2.24, 2.45) is 17.1 Å². The molecule has 1 fully saturated rings. The number of nitrogens with zero attached hydrogens (tertiary/aromatic N) is 2. The molecule has 2 amide bonds. The van der Waals surface area contributed by atoms with Crippen LogP contribution in [-0.4, -0.2) is 34.9 Å². The van der Waals surface area contributed by atoms with Crippen molar-refractivity contribution in [3.05, 3.63) is 49.9 Å². The molecular weight excluding hydrogens is 510 g/mol. The van der Waals surface area contributed by atoms with Gasteiger partial charge in [-0.3, -0.25) is 25.0 Å². The van der Waals surface area contributed by atoms with Crippen LogP contribution in [0.4, 0.5) is 16.4 Å². The number of benzene rings is 1. The van der Waals surface area contributed by atoms with E-state index in [4.69, 9.17) is 18.0 Å². The Balaban J connectivity index is 1.50. The Hall–Kier alpha value is -3.05. The van der Waals surface area contributed by atoms with Gasteiger partial charge in [-0.05, 0) is 79.8 Å². The number of nitrogens with one attached hydrogen (secondary N) is 2. The lowest BCUT2D eigenvalue weighted by atomic mass is 9.72. The zero-order chi connectivity index (χ0) is 26.9. The van der Waals surface area contributed by atoms with Crippen molar-refractivity contribution in [1.82, 2.24) is 5.32 Å². The highest BCUT2D eigenvalue weighted by molar-refractivity contribution is 7.80. The van der Waals surface area contributed by atoms with Gasteiger partial charge >= 0.3 is 0 Å². The highest BCUT2D eigenvalue weighted by atomic mass is 32.1. The van der Waals surface area contributed by atoms with Crippen LogP contribution in [0, 0.1) is 21.4 Å². The van der Waals surface area contributed by atoms with Gasteiger partial charge in [0.15, 0.2) is 5.11 Å². The second-order valence-electron chi connectivity index (χ2n) is 10.8. The molecule has 37 heavy (non-hydrogen) atoms. The fourth-order valence-corrected chi connectivity index (χ4v) is 6.79. The van der Waals surface area contributed by atoms with E-state index in [1.165, 1.54) is 17.4 Å². The molecule has 2 heterocycles. The summed E-state index contributed by atoms with van der Waals surface area (Å²) in [6.45, 7) is 8.17. The second-order valence-corrected chi connectivity index (χ2v) is 12.3. The summed E-state index contributed by atoms with van der Waals surface area (Å²) in [6.07, 6.45) is 5.67. The van der Waals surface area contributed by atoms with Crippen LogP contribution in [0.25, 0.3) is 0 Å². The molecule has 4 N–H and O–H groups in total. The number of carbonyl (C=O) groups excluding carboxylic acids is 2. The van der Waals surface area contributed by atoms with Gasteiger partial charge in [0.2, 0.25) is 0 Å². The summed E-state index contributed by atoms with van der Waals surface area (Å²) < 4.78 is 0. The highest BCUT2D eigenvalue weighted by Crippen LogP contribution is 2.44. The minimum Gasteiger partial charge on any atom is -0.366 e. The molecule has 1 saturated heterocycles. The van der Waals surface area contributed by atoms with Crippen molar-refractivity contribution in [2.45, 2.75) is 59.3 Å². The summed E-state index contributed by atoms with van der Waals surface area (Å²) in [4.78, 5) is 39.6. The molecule has 1 aliphatic heterocycles. The first-order valence-corrected chi connectivity index (χ1v) is 13.8. The van der Waals surface area contributed by atoms with Crippen LogP contribution >= 0.6 is 23.6 Å². The lowest BCUT2D eigenvalue weighted by Gasteiger charge is -2.33. The Morgan fingerprint density at radius 2 is 1.92 bits per heavy atom. The fraction of sp³-hybridized carbons (Fsp3) is 0.500. The minimum absolute atomic E-state index is 0.00114. The Morgan fingerprint density at radius 3 is 2.54 bits per heavy atom. The number of nitrogens with two attached hydrogens (primary N) is 1. The van der Waals surface area contributed by atoms with Crippen molar-refractivity contribution in [2.75, 3.05) is 23.3 Å². The average molecular weight is 544 g/mol. The predicted octanol–water partition coefficient (Wildman–Crippen LogP) is 5.02. The van der Waals surface area contributed by atoms with Crippen molar-refractivity contribution >= 4 is 56.9 Å². The second kappa shape index (κ2) is 10.7. The number of thiocarbonyl (C=S) groups is 1. The number of anilines is 2. The minimum atomic E-state index is -0.569. The van der Waals surface area contributed by atoms with Gasteiger partial charge in [0.05, 0.1) is 10.5 Å². The maximum atomic E-state index is 12.9. The van der Waals surface area contributed by atoms with Crippen molar-refractivity contribution in [1.29, 1.82) is 0 Å². The molecular formula is C26H33N5O4S2. The van der Waals surface area contributed by atoms with Gasteiger partial charge in [0.1, 0.15) is 10.7 Å². The number of carbonyl (C=O) groups is 2. The third-order valence-corrected chi connectivity index (χ3v) is 8.70. The van der Waals surface area contributed by atoms with E-state index >= 15 is 0 Å². The fourth-order valence-electron chi connectivity index (χ4n) is 5.20. The van der Waals surface area contributed by atoms with Gasteiger partial charge in [-0.1, -0.05) is 20.8 Å².